The van der Waals surface area contributed by atoms with Gasteiger partial charge in [0.25, 0.3) is 0 Å². The van der Waals surface area contributed by atoms with Crippen molar-refractivity contribution in [1.82, 2.24) is 9.78 Å². The normalized spacial score (nSPS) is 14.8. The molecular weight excluding hydrogens is 232 g/mol. The van der Waals surface area contributed by atoms with Crippen molar-refractivity contribution >= 4 is 16.9 Å². The Kier molecular flexibility index (Phi) is 2.47. The van der Waals surface area contributed by atoms with Crippen molar-refractivity contribution in [3.63, 3.8) is 0 Å². The summed E-state index contributed by atoms with van der Waals surface area (Å²) in [6.45, 7) is 0. The van der Waals surface area contributed by atoms with E-state index in [1.165, 1.54) is 7.11 Å². The molecule has 5 heteroatoms. The average Bonchev–Trinajstić information content (AvgIpc) is 3.08. The third kappa shape index (κ3) is 1.92. The number of fused-ring (bicyclic) bond motifs is 1. The molecule has 0 unspecified atom stereocenters. The predicted molar refractivity (Wildman–Crippen MR) is 65.7 cm³/mol. The molecule has 3 rings (SSSR count). The van der Waals surface area contributed by atoms with E-state index < -0.39 is 0 Å². The van der Waals surface area contributed by atoms with Crippen LogP contribution in [0.4, 0.5) is 0 Å². The summed E-state index contributed by atoms with van der Waals surface area (Å²) < 4.78 is 12.3. The van der Waals surface area contributed by atoms with Gasteiger partial charge in [0.1, 0.15) is 11.3 Å². The lowest BCUT2D eigenvalue weighted by Crippen LogP contribution is -2.03. The molecule has 0 atom stereocenters. The molecule has 0 aliphatic heterocycles. The predicted octanol–water partition coefficient (Wildman–Crippen LogP) is 1.90. The first-order chi connectivity index (χ1) is 8.67. The Morgan fingerprint density at radius 1 is 1.44 bits per heavy atom. The summed E-state index contributed by atoms with van der Waals surface area (Å²) in [7, 11) is 3.22. The maximum atomic E-state index is 11.6. The van der Waals surface area contributed by atoms with Gasteiger partial charge in [-0.05, 0) is 25.0 Å². The number of benzene rings is 1. The fraction of sp³-hybridized carbons (Fsp3) is 0.385. The molecule has 1 aromatic carbocycles. The minimum absolute atomic E-state index is 0.267. The molecule has 0 N–H and O–H groups in total. The van der Waals surface area contributed by atoms with E-state index in [0.717, 1.165) is 23.7 Å². The summed E-state index contributed by atoms with van der Waals surface area (Å²) in [5.41, 5.74) is 1.28. The number of ether oxygens (including phenoxy) is 2. The zero-order chi connectivity index (χ0) is 12.7. The number of methoxy groups -OCH3 is 1. The first kappa shape index (κ1) is 11.1. The zero-order valence-corrected chi connectivity index (χ0v) is 10.3. The van der Waals surface area contributed by atoms with Crippen molar-refractivity contribution in [2.75, 3.05) is 7.11 Å². The molecule has 1 aliphatic rings. The first-order valence-corrected chi connectivity index (χ1v) is 5.90. The molecule has 0 bridgehead atoms. The molecule has 1 aliphatic carbocycles. The third-order valence-corrected chi connectivity index (χ3v) is 2.93. The van der Waals surface area contributed by atoms with Gasteiger partial charge in [-0.15, -0.1) is 0 Å². The molecule has 0 radical (unpaired) electrons. The van der Waals surface area contributed by atoms with Crippen molar-refractivity contribution in [2.45, 2.75) is 18.9 Å². The maximum absolute atomic E-state index is 11.6. The van der Waals surface area contributed by atoms with Gasteiger partial charge in [-0.25, -0.2) is 4.79 Å². The fourth-order valence-electron chi connectivity index (χ4n) is 1.91. The number of carbonyl (C=O) groups excluding carboxylic acids is 1. The Hall–Kier alpha value is -2.04. The number of esters is 1. The summed E-state index contributed by atoms with van der Waals surface area (Å²) >= 11 is 0. The highest BCUT2D eigenvalue weighted by Gasteiger charge is 2.25. The highest BCUT2D eigenvalue weighted by atomic mass is 16.5. The molecular formula is C13H14N2O3. The topological polar surface area (TPSA) is 53.4 Å². The van der Waals surface area contributed by atoms with Gasteiger partial charge in [0.05, 0.1) is 18.8 Å². The maximum Gasteiger partial charge on any atom is 0.338 e. The molecule has 1 saturated carbocycles. The van der Waals surface area contributed by atoms with Crippen LogP contribution in [0.15, 0.2) is 18.3 Å². The van der Waals surface area contributed by atoms with Crippen LogP contribution in [0.25, 0.3) is 10.9 Å². The van der Waals surface area contributed by atoms with E-state index in [2.05, 4.69) is 5.10 Å². The van der Waals surface area contributed by atoms with Gasteiger partial charge in [-0.1, -0.05) is 0 Å². The number of hydrogen-bond donors (Lipinski definition) is 0. The monoisotopic (exact) mass is 246 g/mol. The molecule has 0 amide bonds. The minimum Gasteiger partial charge on any atom is -0.488 e. The van der Waals surface area contributed by atoms with Crippen LogP contribution >= 0.6 is 0 Å². The molecule has 5 nitrogen and oxygen atoms in total. The van der Waals surface area contributed by atoms with E-state index >= 15 is 0 Å². The van der Waals surface area contributed by atoms with E-state index in [1.54, 1.807) is 16.8 Å². The number of aromatic nitrogens is 2. The summed E-state index contributed by atoms with van der Waals surface area (Å²) in [5, 5.41) is 5.24. The quantitative estimate of drug-likeness (QED) is 0.776. The number of hydrogen-bond acceptors (Lipinski definition) is 4. The van der Waals surface area contributed by atoms with Crippen molar-refractivity contribution in [3.8, 4) is 5.75 Å². The number of carbonyl (C=O) groups is 1. The van der Waals surface area contributed by atoms with Crippen LogP contribution in [0, 0.1) is 0 Å². The molecule has 0 spiro atoms. The second-order valence-corrected chi connectivity index (χ2v) is 4.52. The van der Waals surface area contributed by atoms with Crippen LogP contribution in [-0.4, -0.2) is 29.0 Å². The second-order valence-electron chi connectivity index (χ2n) is 4.52. The van der Waals surface area contributed by atoms with Crippen LogP contribution in [0.2, 0.25) is 0 Å². The largest absolute Gasteiger partial charge is 0.488 e. The standard InChI is InChI=1S/C13H14N2O3/c1-15-7-9-5-8(13(16)17-2)6-11(12(9)14-15)18-10-3-4-10/h5-7,10H,3-4H2,1-2H3. The van der Waals surface area contributed by atoms with Crippen molar-refractivity contribution in [3.05, 3.63) is 23.9 Å². The minimum atomic E-state index is -0.360. The average molecular weight is 246 g/mol. The summed E-state index contributed by atoms with van der Waals surface area (Å²) in [5.74, 6) is 0.303. The van der Waals surface area contributed by atoms with Crippen molar-refractivity contribution in [2.24, 2.45) is 7.05 Å². The van der Waals surface area contributed by atoms with Gasteiger partial charge in [-0.3, -0.25) is 4.68 Å². The number of aryl methyl sites for hydroxylation is 1. The highest BCUT2D eigenvalue weighted by Crippen LogP contribution is 2.32. The summed E-state index contributed by atoms with van der Waals surface area (Å²) in [6, 6.07) is 3.48. The Bertz CT molecular complexity index is 614. The van der Waals surface area contributed by atoms with Crippen molar-refractivity contribution < 1.29 is 14.3 Å². The van der Waals surface area contributed by atoms with Gasteiger partial charge in [0.2, 0.25) is 0 Å². The lowest BCUT2D eigenvalue weighted by Gasteiger charge is -2.07. The van der Waals surface area contributed by atoms with Gasteiger partial charge in [-0.2, -0.15) is 5.10 Å². The second kappa shape index (κ2) is 4.01. The van der Waals surface area contributed by atoms with Gasteiger partial charge < -0.3 is 9.47 Å². The Balaban J connectivity index is 2.12. The van der Waals surface area contributed by atoms with E-state index in [9.17, 15) is 4.79 Å². The highest BCUT2D eigenvalue weighted by molar-refractivity contribution is 5.96. The molecule has 1 heterocycles. The zero-order valence-electron chi connectivity index (χ0n) is 10.3. The van der Waals surface area contributed by atoms with E-state index in [-0.39, 0.29) is 12.1 Å². The van der Waals surface area contributed by atoms with E-state index in [4.69, 9.17) is 9.47 Å². The van der Waals surface area contributed by atoms with Crippen molar-refractivity contribution in [1.29, 1.82) is 0 Å². The smallest absolute Gasteiger partial charge is 0.338 e. The Morgan fingerprint density at radius 2 is 2.22 bits per heavy atom. The third-order valence-electron chi connectivity index (χ3n) is 2.93. The Morgan fingerprint density at radius 3 is 2.89 bits per heavy atom. The van der Waals surface area contributed by atoms with Crippen LogP contribution in [-0.2, 0) is 11.8 Å². The van der Waals surface area contributed by atoms with Crippen LogP contribution in [0.1, 0.15) is 23.2 Å². The SMILES string of the molecule is COC(=O)c1cc(OC2CC2)c2nn(C)cc2c1. The number of rotatable bonds is 3. The van der Waals surface area contributed by atoms with E-state index in [0.29, 0.717) is 11.3 Å². The summed E-state index contributed by atoms with van der Waals surface area (Å²) in [6.07, 6.45) is 4.26. The molecule has 2 aromatic rings. The molecule has 1 fully saturated rings. The Labute approximate surface area is 104 Å². The van der Waals surface area contributed by atoms with Gasteiger partial charge >= 0.3 is 5.97 Å². The summed E-state index contributed by atoms with van der Waals surface area (Å²) in [4.78, 5) is 11.6. The molecule has 0 saturated heterocycles. The van der Waals surface area contributed by atoms with Crippen LogP contribution in [0.5, 0.6) is 5.75 Å². The van der Waals surface area contributed by atoms with E-state index in [1.807, 2.05) is 13.2 Å². The van der Waals surface area contributed by atoms with Gasteiger partial charge in [0, 0.05) is 18.6 Å². The van der Waals surface area contributed by atoms with Crippen LogP contribution in [0.3, 0.4) is 0 Å². The lowest BCUT2D eigenvalue weighted by atomic mass is 10.1. The lowest BCUT2D eigenvalue weighted by molar-refractivity contribution is 0.0600. The fourth-order valence-corrected chi connectivity index (χ4v) is 1.91. The van der Waals surface area contributed by atoms with Crippen LogP contribution < -0.4 is 4.74 Å². The molecule has 94 valence electrons. The molecule has 18 heavy (non-hydrogen) atoms. The van der Waals surface area contributed by atoms with Gasteiger partial charge in [0.15, 0.2) is 0 Å². The molecule has 1 aromatic heterocycles. The first-order valence-electron chi connectivity index (χ1n) is 5.90. The number of nitrogens with zero attached hydrogens (tertiary/aromatic N) is 2.